The molecule has 0 bridgehead atoms. The Bertz CT molecular complexity index is 2370. The summed E-state index contributed by atoms with van der Waals surface area (Å²) in [5.41, 5.74) is -2.01. The van der Waals surface area contributed by atoms with E-state index in [-0.39, 0.29) is 25.4 Å². The number of benzene rings is 1. The number of hydrogen-bond acceptors (Lipinski definition) is 18. The summed E-state index contributed by atoms with van der Waals surface area (Å²) < 4.78 is 44.4. The number of aliphatic hydroxyl groups excluding tert-OH is 1. The quantitative estimate of drug-likeness (QED) is 0.0586. The van der Waals surface area contributed by atoms with Gasteiger partial charge >= 0.3 is 24.2 Å². The van der Waals surface area contributed by atoms with Gasteiger partial charge in [-0.3, -0.25) is 29.3 Å². The van der Waals surface area contributed by atoms with Gasteiger partial charge in [-0.05, 0) is 140 Å². The molecule has 4 heterocycles. The van der Waals surface area contributed by atoms with Gasteiger partial charge in [0.05, 0.1) is 36.6 Å². The molecule has 3 saturated heterocycles. The van der Waals surface area contributed by atoms with Crippen LogP contribution in [0.1, 0.15) is 122 Å². The molecule has 2 unspecified atom stereocenters. The normalized spacial score (nSPS) is 30.6. The molecule has 4 amide bonds. The summed E-state index contributed by atoms with van der Waals surface area (Å²) in [4.78, 5) is 84.0. The number of aryl methyl sites for hydroxylation is 1. The fraction of sp³-hybridized carbons (Fsp3) is 0.745. The Morgan fingerprint density at radius 1 is 0.962 bits per heavy atom. The highest BCUT2D eigenvalue weighted by Gasteiger charge is 2.59. The first-order valence-electron chi connectivity index (χ1n) is 27.3. The van der Waals surface area contributed by atoms with Crippen LogP contribution in [0.4, 0.5) is 20.1 Å². The van der Waals surface area contributed by atoms with E-state index in [4.69, 9.17) is 33.2 Å². The molecule has 438 valence electrons. The van der Waals surface area contributed by atoms with Gasteiger partial charge in [0.15, 0.2) is 17.7 Å². The number of anilines is 1. The zero-order valence-electron chi connectivity index (χ0n) is 48.8. The number of rotatable bonds is 16. The molecule has 78 heavy (non-hydrogen) atoms. The van der Waals surface area contributed by atoms with Crippen molar-refractivity contribution in [2.75, 3.05) is 52.7 Å². The van der Waals surface area contributed by atoms with E-state index in [1.807, 2.05) is 65.0 Å². The Morgan fingerprint density at radius 2 is 1.63 bits per heavy atom. The number of likely N-dealkylation sites (N-methyl/N-ethyl adjacent to an activating group) is 1. The number of carbonyl (C=O) groups is 6. The highest BCUT2D eigenvalue weighted by Crippen LogP contribution is 2.40. The number of ether oxygens (including phenoxy) is 7. The number of aromatic nitrogens is 3. The maximum Gasteiger partial charge on any atom is 0.412 e. The summed E-state index contributed by atoms with van der Waals surface area (Å²) in [7, 11) is 5.14. The Kier molecular flexibility index (Phi) is 21.7. The largest absolute Gasteiger partial charge is 0.458 e. The van der Waals surface area contributed by atoms with Gasteiger partial charge in [0.1, 0.15) is 35.0 Å². The Morgan fingerprint density at radius 3 is 2.27 bits per heavy atom. The van der Waals surface area contributed by atoms with Crippen LogP contribution in [-0.2, 0) is 54.1 Å². The van der Waals surface area contributed by atoms with Gasteiger partial charge in [-0.25, -0.2) is 14.4 Å². The molecule has 1 aromatic carbocycles. The van der Waals surface area contributed by atoms with Crippen molar-refractivity contribution in [3.63, 3.8) is 0 Å². The number of unbranched alkanes of at least 4 members (excludes halogenated alkanes) is 1. The Hall–Kier alpha value is -5.46. The molecule has 23 heteroatoms. The number of ketones is 1. The number of fused-ring (bicyclic) bond motifs is 1. The third kappa shape index (κ3) is 16.8. The number of nitrogens with zero attached hydrogens (tertiary/aromatic N) is 5. The number of nitrogens with one attached hydrogen (secondary N) is 4. The van der Waals surface area contributed by atoms with Crippen molar-refractivity contribution in [3.05, 3.63) is 30.5 Å². The molecular weight excluding hydrogens is 1010 g/mol. The lowest BCUT2D eigenvalue weighted by Crippen LogP contribution is -2.61. The number of carbonyl (C=O) groups excluding carboxylic acids is 6. The molecule has 3 fully saturated rings. The highest BCUT2D eigenvalue weighted by atomic mass is 16.7. The van der Waals surface area contributed by atoms with Crippen LogP contribution in [0, 0.1) is 17.8 Å². The van der Waals surface area contributed by atoms with Gasteiger partial charge in [0.2, 0.25) is 5.91 Å². The van der Waals surface area contributed by atoms with E-state index in [1.165, 1.54) is 14.0 Å². The standard InChI is InChI=1S/C55H89N9O14/c1-17-41-55(13)45(64(51(71)78-55)24-19-18-23-63-31-39(60-61-63)36-21-20-22-37(25-36)59-50(70)77-53(9,10)11)35(5)56-28-32(2)27-54(12,72-16)46(33(3)43(66)34(4)47(68)74-41)75-48-44(67)40(62(14)15)26-38(73-48)29-57-42(65)30-58-49(69)76-52(6,7)8/h20-22,25,31-35,38,40-41,44-46,48,56,67H,17-19,23-24,26-30H2,1-16H3,(H,57,65)(H,58,69)(H,59,70)/t32-,33+,34-,35-,38+,40?,41-,44?,45-,46-,48+,54-,55-/m1/s1. The summed E-state index contributed by atoms with van der Waals surface area (Å²) in [6, 6.07) is 5.73. The van der Waals surface area contributed by atoms with E-state index in [1.54, 1.807) is 77.1 Å². The second kappa shape index (κ2) is 26.7. The van der Waals surface area contributed by atoms with Crippen LogP contribution in [0.3, 0.4) is 0 Å². The summed E-state index contributed by atoms with van der Waals surface area (Å²) in [5.74, 6) is -4.23. The van der Waals surface area contributed by atoms with E-state index in [0.29, 0.717) is 56.7 Å². The summed E-state index contributed by atoms with van der Waals surface area (Å²) in [5, 5.41) is 32.2. The number of amides is 4. The van der Waals surface area contributed by atoms with Crippen molar-refractivity contribution in [1.29, 1.82) is 0 Å². The topological polar surface area (TPSA) is 273 Å². The van der Waals surface area contributed by atoms with Crippen LogP contribution in [0.5, 0.6) is 0 Å². The number of Topliss-reactive ketones (excluding diaryl/α,β-unsaturated/α-hetero) is 1. The van der Waals surface area contributed by atoms with Crippen molar-refractivity contribution in [1.82, 2.24) is 40.7 Å². The number of aliphatic hydroxyl groups is 1. The SMILES string of the molecule is CC[C@H]1OC(=O)[C@H](C)C(=O)[C@H](C)[C@@H](O[C@@H]2O[C@H](CNC(=O)CNC(=O)OC(C)(C)C)CC(N(C)C)C2O)[C@](C)(OC)C[C@@H](C)CN[C@H](C)[C@H]2N(CCCCn3cc(-c4cccc(NC(=O)OC(C)(C)C)c4)nn3)C(=O)O[C@]12C. The van der Waals surface area contributed by atoms with Gasteiger partial charge in [-0.2, -0.15) is 0 Å². The highest BCUT2D eigenvalue weighted by molar-refractivity contribution is 6.00. The zero-order valence-corrected chi connectivity index (χ0v) is 48.8. The molecule has 3 aliphatic rings. The summed E-state index contributed by atoms with van der Waals surface area (Å²) in [6.45, 7) is 24.1. The first-order chi connectivity index (χ1) is 36.4. The predicted octanol–water partition coefficient (Wildman–Crippen LogP) is 5.67. The smallest absolute Gasteiger partial charge is 0.412 e. The number of alkyl carbamates (subject to hydrolysis) is 1. The summed E-state index contributed by atoms with van der Waals surface area (Å²) >= 11 is 0. The lowest BCUT2D eigenvalue weighted by molar-refractivity contribution is -0.296. The first-order valence-corrected chi connectivity index (χ1v) is 27.3. The van der Waals surface area contributed by atoms with Crippen molar-refractivity contribution in [3.8, 4) is 11.3 Å². The third-order valence-corrected chi connectivity index (χ3v) is 14.6. The molecule has 5 N–H and O–H groups in total. The number of cyclic esters (lactones) is 1. The van der Waals surface area contributed by atoms with Gasteiger partial charge in [-0.1, -0.05) is 38.1 Å². The van der Waals surface area contributed by atoms with Crippen LogP contribution in [0.25, 0.3) is 11.3 Å². The lowest BCUT2D eigenvalue weighted by Gasteiger charge is -2.47. The second-order valence-electron chi connectivity index (χ2n) is 23.8. The van der Waals surface area contributed by atoms with Crippen LogP contribution >= 0.6 is 0 Å². The van der Waals surface area contributed by atoms with E-state index >= 15 is 0 Å². The van der Waals surface area contributed by atoms with E-state index < -0.39 is 119 Å². The minimum absolute atomic E-state index is 0.0152. The fourth-order valence-corrected chi connectivity index (χ4v) is 10.7. The summed E-state index contributed by atoms with van der Waals surface area (Å²) in [6.07, 6.45) is -3.11. The molecule has 5 rings (SSSR count). The van der Waals surface area contributed by atoms with Crippen LogP contribution in [-0.4, -0.2) is 184 Å². The third-order valence-electron chi connectivity index (χ3n) is 14.6. The molecule has 0 spiro atoms. The molecular formula is C55H89N9O14. The van der Waals surface area contributed by atoms with Crippen LogP contribution in [0.2, 0.25) is 0 Å². The van der Waals surface area contributed by atoms with Crippen molar-refractivity contribution < 1.29 is 67.0 Å². The minimum Gasteiger partial charge on any atom is -0.458 e. The van der Waals surface area contributed by atoms with Crippen molar-refractivity contribution >= 4 is 41.6 Å². The lowest BCUT2D eigenvalue weighted by atomic mass is 9.78. The van der Waals surface area contributed by atoms with E-state index in [0.717, 1.165) is 5.56 Å². The average molecular weight is 1100 g/mol. The maximum atomic E-state index is 14.7. The first kappa shape index (κ1) is 63.4. The van der Waals surface area contributed by atoms with Crippen molar-refractivity contribution in [2.24, 2.45) is 17.8 Å². The second-order valence-corrected chi connectivity index (χ2v) is 23.8. The Balaban J connectivity index is 1.32. The molecule has 13 atom stereocenters. The van der Waals surface area contributed by atoms with Gasteiger partial charge in [-0.15, -0.1) is 5.10 Å². The minimum atomic E-state index is -1.33. The zero-order chi connectivity index (χ0) is 58.1. The average Bonchev–Trinajstić information content (AvgIpc) is 3.93. The van der Waals surface area contributed by atoms with Crippen molar-refractivity contribution in [2.45, 2.75) is 200 Å². The van der Waals surface area contributed by atoms with E-state index in [2.05, 4.69) is 31.6 Å². The molecule has 0 saturated carbocycles. The predicted molar refractivity (Wildman–Crippen MR) is 289 cm³/mol. The Labute approximate surface area is 460 Å². The molecule has 23 nitrogen and oxygen atoms in total. The van der Waals surface area contributed by atoms with Gasteiger partial charge in [0.25, 0.3) is 0 Å². The molecule has 2 aromatic rings. The number of methoxy groups -OCH3 is 1. The van der Waals surface area contributed by atoms with Gasteiger partial charge < -0.3 is 59.1 Å². The monoisotopic (exact) mass is 1100 g/mol. The van der Waals surface area contributed by atoms with Crippen LogP contribution in [0.15, 0.2) is 30.5 Å². The maximum absolute atomic E-state index is 14.7. The van der Waals surface area contributed by atoms with Gasteiger partial charge in [0, 0.05) is 56.0 Å². The van der Waals surface area contributed by atoms with E-state index in [9.17, 15) is 33.9 Å². The molecule has 3 aliphatic heterocycles. The number of hydrogen-bond donors (Lipinski definition) is 5. The fourth-order valence-electron chi connectivity index (χ4n) is 10.7. The number of esters is 1. The molecule has 0 aliphatic carbocycles. The van der Waals surface area contributed by atoms with Crippen LogP contribution < -0.4 is 21.3 Å². The molecule has 0 radical (unpaired) electrons. The molecule has 1 aromatic heterocycles.